The van der Waals surface area contributed by atoms with Crippen LogP contribution in [-0.4, -0.2) is 5.16 Å². The summed E-state index contributed by atoms with van der Waals surface area (Å²) >= 11 is 8.14. The predicted molar refractivity (Wildman–Crippen MR) is 64.1 cm³/mol. The van der Waals surface area contributed by atoms with E-state index in [1.54, 1.807) is 6.07 Å². The van der Waals surface area contributed by atoms with Gasteiger partial charge in [-0.15, -0.1) is 0 Å². The highest BCUT2D eigenvalue weighted by Gasteiger charge is 2.05. The van der Waals surface area contributed by atoms with Gasteiger partial charge in [-0.2, -0.15) is 0 Å². The Morgan fingerprint density at radius 1 is 1.36 bits per heavy atom. The molecule has 0 unspecified atom stereocenters. The Morgan fingerprint density at radius 2 is 2.14 bits per heavy atom. The number of hydrogen-bond acceptors (Lipinski definition) is 3. The molecule has 0 aliphatic heterocycles. The number of hydrogen-bond donors (Lipinski definition) is 1. The van der Waals surface area contributed by atoms with Gasteiger partial charge >= 0.3 is 0 Å². The molecule has 0 bridgehead atoms. The van der Waals surface area contributed by atoms with E-state index in [0.717, 1.165) is 9.13 Å². The molecule has 5 heteroatoms. The van der Waals surface area contributed by atoms with Gasteiger partial charge in [0.05, 0.1) is 5.02 Å². The molecule has 2 N–H and O–H groups in total. The van der Waals surface area contributed by atoms with Crippen LogP contribution in [0.3, 0.4) is 0 Å². The first-order valence-corrected chi connectivity index (χ1v) is 5.30. The fourth-order valence-electron chi connectivity index (χ4n) is 1.08. The van der Waals surface area contributed by atoms with Crippen molar-refractivity contribution < 1.29 is 4.52 Å². The lowest BCUT2D eigenvalue weighted by Gasteiger charge is -1.98. The first-order valence-electron chi connectivity index (χ1n) is 3.84. The summed E-state index contributed by atoms with van der Waals surface area (Å²) in [6, 6.07) is 7.34. The van der Waals surface area contributed by atoms with Crippen LogP contribution in [0.25, 0.3) is 11.3 Å². The number of aromatic nitrogens is 1. The molecule has 0 amide bonds. The van der Waals surface area contributed by atoms with Crippen LogP contribution in [0.1, 0.15) is 0 Å². The van der Waals surface area contributed by atoms with E-state index in [2.05, 4.69) is 27.7 Å². The quantitative estimate of drug-likeness (QED) is 0.821. The molecule has 0 spiro atoms. The van der Waals surface area contributed by atoms with Crippen molar-refractivity contribution in [3.63, 3.8) is 0 Å². The van der Waals surface area contributed by atoms with Crippen LogP contribution in [0.15, 0.2) is 28.8 Å². The maximum atomic E-state index is 5.97. The van der Waals surface area contributed by atoms with Crippen LogP contribution >= 0.6 is 34.2 Å². The van der Waals surface area contributed by atoms with Crippen LogP contribution in [0.4, 0.5) is 5.88 Å². The molecule has 0 radical (unpaired) electrons. The normalized spacial score (nSPS) is 10.4. The van der Waals surface area contributed by atoms with Gasteiger partial charge in [-0.25, -0.2) is 0 Å². The summed E-state index contributed by atoms with van der Waals surface area (Å²) in [6.45, 7) is 0. The molecule has 0 saturated heterocycles. The zero-order valence-electron chi connectivity index (χ0n) is 7.00. The van der Waals surface area contributed by atoms with Crippen molar-refractivity contribution in [2.75, 3.05) is 5.73 Å². The highest BCUT2D eigenvalue weighted by molar-refractivity contribution is 14.1. The predicted octanol–water partition coefficient (Wildman–Crippen LogP) is 3.18. The first kappa shape index (κ1) is 9.79. The Balaban J connectivity index is 2.47. The summed E-state index contributed by atoms with van der Waals surface area (Å²) in [4.78, 5) is 0. The van der Waals surface area contributed by atoms with Crippen LogP contribution in [-0.2, 0) is 0 Å². The summed E-state index contributed by atoms with van der Waals surface area (Å²) in [5, 5.41) is 4.49. The zero-order valence-corrected chi connectivity index (χ0v) is 9.91. The monoisotopic (exact) mass is 320 g/mol. The largest absolute Gasteiger partial charge is 0.368 e. The molecule has 0 fully saturated rings. The fraction of sp³-hybridized carbons (Fsp3) is 0. The summed E-state index contributed by atoms with van der Waals surface area (Å²) in [5.41, 5.74) is 7.01. The maximum absolute atomic E-state index is 5.97. The van der Waals surface area contributed by atoms with Crippen molar-refractivity contribution in [3.05, 3.63) is 32.9 Å². The van der Waals surface area contributed by atoms with Gasteiger partial charge in [0.15, 0.2) is 0 Å². The third-order valence-electron chi connectivity index (χ3n) is 1.74. The minimum absolute atomic E-state index is 0.301. The third kappa shape index (κ3) is 1.85. The summed E-state index contributed by atoms with van der Waals surface area (Å²) in [6.07, 6.45) is 0. The average molecular weight is 321 g/mol. The van der Waals surface area contributed by atoms with Gasteiger partial charge in [0.1, 0.15) is 5.69 Å². The van der Waals surface area contributed by atoms with Crippen LogP contribution < -0.4 is 5.73 Å². The molecule has 2 aromatic rings. The standard InChI is InChI=1S/C9H6ClIN2O/c10-6-3-5(1-2-7(6)11)8-4-9(12)14-13-8/h1-4H,12H2. The zero-order chi connectivity index (χ0) is 10.1. The van der Waals surface area contributed by atoms with Crippen molar-refractivity contribution in [1.29, 1.82) is 0 Å². The SMILES string of the molecule is Nc1cc(-c2ccc(I)c(Cl)c2)no1. The Bertz CT molecular complexity index is 470. The minimum Gasteiger partial charge on any atom is -0.368 e. The molecule has 0 saturated carbocycles. The maximum Gasteiger partial charge on any atom is 0.222 e. The molecule has 0 atom stereocenters. The Kier molecular flexibility index (Phi) is 2.64. The van der Waals surface area contributed by atoms with E-state index < -0.39 is 0 Å². The molecular weight excluding hydrogens is 314 g/mol. The van der Waals surface area contributed by atoms with E-state index in [9.17, 15) is 0 Å². The lowest BCUT2D eigenvalue weighted by molar-refractivity contribution is 0.439. The third-order valence-corrected chi connectivity index (χ3v) is 3.32. The molecule has 0 aliphatic rings. The van der Waals surface area contributed by atoms with Crippen LogP contribution in [0, 0.1) is 3.57 Å². The van der Waals surface area contributed by atoms with E-state index in [1.807, 2.05) is 18.2 Å². The van der Waals surface area contributed by atoms with Gasteiger partial charge in [-0.1, -0.05) is 22.8 Å². The van der Waals surface area contributed by atoms with Gasteiger partial charge < -0.3 is 10.3 Å². The highest BCUT2D eigenvalue weighted by atomic mass is 127. The van der Waals surface area contributed by atoms with Gasteiger partial charge in [-0.3, -0.25) is 0 Å². The van der Waals surface area contributed by atoms with Crippen LogP contribution in [0.2, 0.25) is 5.02 Å². The second kappa shape index (κ2) is 3.78. The number of benzene rings is 1. The molecule has 1 aromatic heterocycles. The second-order valence-electron chi connectivity index (χ2n) is 2.74. The number of nitrogens with two attached hydrogens (primary N) is 1. The van der Waals surface area contributed by atoms with Gasteiger partial charge in [0, 0.05) is 15.2 Å². The second-order valence-corrected chi connectivity index (χ2v) is 4.31. The van der Waals surface area contributed by atoms with Crippen molar-refractivity contribution in [1.82, 2.24) is 5.16 Å². The molecule has 0 aliphatic carbocycles. The lowest BCUT2D eigenvalue weighted by Crippen LogP contribution is -1.80. The Hall–Kier alpha value is -0.750. The Labute approximate surface area is 99.4 Å². The molecule has 1 aromatic carbocycles. The first-order chi connectivity index (χ1) is 6.66. The van der Waals surface area contributed by atoms with E-state index in [1.165, 1.54) is 0 Å². The smallest absolute Gasteiger partial charge is 0.222 e. The summed E-state index contributed by atoms with van der Waals surface area (Å²) < 4.78 is 5.78. The van der Waals surface area contributed by atoms with Gasteiger partial charge in [0.2, 0.25) is 5.88 Å². The van der Waals surface area contributed by atoms with Crippen molar-refractivity contribution in [2.24, 2.45) is 0 Å². The van der Waals surface area contributed by atoms with Crippen LogP contribution in [0.5, 0.6) is 0 Å². The number of halogens is 2. The van der Waals surface area contributed by atoms with Gasteiger partial charge in [0.25, 0.3) is 0 Å². The molecule has 1 heterocycles. The number of anilines is 1. The van der Waals surface area contributed by atoms with E-state index in [-0.39, 0.29) is 0 Å². The van der Waals surface area contributed by atoms with E-state index in [0.29, 0.717) is 16.6 Å². The average Bonchev–Trinajstić information content (AvgIpc) is 2.57. The molecule has 2 rings (SSSR count). The fourth-order valence-corrected chi connectivity index (χ4v) is 1.60. The van der Waals surface area contributed by atoms with E-state index >= 15 is 0 Å². The molecule has 3 nitrogen and oxygen atoms in total. The summed E-state index contributed by atoms with van der Waals surface area (Å²) in [7, 11) is 0. The highest BCUT2D eigenvalue weighted by Crippen LogP contribution is 2.26. The van der Waals surface area contributed by atoms with Gasteiger partial charge in [-0.05, 0) is 34.7 Å². The molecule has 72 valence electrons. The summed E-state index contributed by atoms with van der Waals surface area (Å²) in [5.74, 6) is 0.301. The topological polar surface area (TPSA) is 52.0 Å². The lowest BCUT2D eigenvalue weighted by atomic mass is 10.1. The number of nitrogens with zero attached hydrogens (tertiary/aromatic N) is 1. The minimum atomic E-state index is 0.301. The van der Waals surface area contributed by atoms with E-state index in [4.69, 9.17) is 21.9 Å². The number of nitrogen functional groups attached to an aromatic ring is 1. The van der Waals surface area contributed by atoms with Crippen molar-refractivity contribution in [2.45, 2.75) is 0 Å². The van der Waals surface area contributed by atoms with Crippen molar-refractivity contribution in [3.8, 4) is 11.3 Å². The Morgan fingerprint density at radius 3 is 2.71 bits per heavy atom. The van der Waals surface area contributed by atoms with Crippen molar-refractivity contribution >= 4 is 40.1 Å². The molecular formula is C9H6ClIN2O. The molecule has 14 heavy (non-hydrogen) atoms. The number of rotatable bonds is 1.